The van der Waals surface area contributed by atoms with Gasteiger partial charge < -0.3 is 0 Å². The van der Waals surface area contributed by atoms with Crippen LogP contribution in [0.1, 0.15) is 39.8 Å². The van der Waals surface area contributed by atoms with E-state index in [0.717, 1.165) is 6.42 Å². The fourth-order valence-electron chi connectivity index (χ4n) is 5.03. The molecule has 0 saturated carbocycles. The van der Waals surface area contributed by atoms with Gasteiger partial charge >= 0.3 is 176 Å². The van der Waals surface area contributed by atoms with Crippen LogP contribution >= 0.6 is 17.2 Å². The second kappa shape index (κ2) is 6.36. The molecule has 0 spiro atoms. The Kier molecular flexibility index (Phi) is 4.25. The molecule has 0 aliphatic heterocycles. The van der Waals surface area contributed by atoms with E-state index in [0.29, 0.717) is 0 Å². The van der Waals surface area contributed by atoms with Crippen molar-refractivity contribution in [3.05, 3.63) is 95.1 Å². The number of benzene rings is 3. The van der Waals surface area contributed by atoms with Gasteiger partial charge in [0.25, 0.3) is 0 Å². The van der Waals surface area contributed by atoms with Crippen molar-refractivity contribution < 1.29 is 15.7 Å². The summed E-state index contributed by atoms with van der Waals surface area (Å²) in [6.45, 7) is 4.29. The van der Waals surface area contributed by atoms with Gasteiger partial charge in [0.15, 0.2) is 0 Å². The van der Waals surface area contributed by atoms with Crippen molar-refractivity contribution in [3.63, 3.8) is 0 Å². The Balaban J connectivity index is 1.81. The van der Waals surface area contributed by atoms with Crippen LogP contribution in [0.3, 0.4) is 0 Å². The number of hydrogen-bond acceptors (Lipinski definition) is 0. The summed E-state index contributed by atoms with van der Waals surface area (Å²) in [4.78, 5) is 0. The average Bonchev–Trinajstić information content (AvgIpc) is 3.30. The molecule has 1 unspecified atom stereocenters. The van der Waals surface area contributed by atoms with Gasteiger partial charge in [0.05, 0.1) is 0 Å². The van der Waals surface area contributed by atoms with E-state index in [2.05, 4.69) is 92.7 Å². The molecule has 3 aromatic carbocycles. The summed E-state index contributed by atoms with van der Waals surface area (Å²) >= 11 is -4.74. The van der Waals surface area contributed by atoms with Crippen molar-refractivity contribution in [1.82, 2.24) is 0 Å². The van der Waals surface area contributed by atoms with Crippen LogP contribution in [0.15, 0.2) is 72.8 Å². The molecule has 0 amide bonds. The Bertz CT molecular complexity index is 1220. The molecule has 0 N–H and O–H groups in total. The van der Waals surface area contributed by atoms with Crippen LogP contribution in [0.2, 0.25) is 0 Å². The molecule has 0 nitrogen and oxygen atoms in total. The van der Waals surface area contributed by atoms with E-state index >= 15 is 0 Å². The zero-order chi connectivity index (χ0) is 19.5. The summed E-state index contributed by atoms with van der Waals surface area (Å²) in [5.41, 5.74) is 7.85. The van der Waals surface area contributed by atoms with Crippen LogP contribution in [-0.2, 0) is 22.1 Å². The molecule has 5 rings (SSSR count). The van der Waals surface area contributed by atoms with Gasteiger partial charge in [-0.15, -0.1) is 0 Å². The van der Waals surface area contributed by atoms with Gasteiger partial charge in [-0.1, -0.05) is 0 Å². The quantitative estimate of drug-likeness (QED) is 0.231. The molecule has 0 radical (unpaired) electrons. The summed E-state index contributed by atoms with van der Waals surface area (Å²) in [5.74, 6) is 0. The zero-order valence-corrected chi connectivity index (χ0v) is 21.2. The molecule has 0 aromatic heterocycles. The summed E-state index contributed by atoms with van der Waals surface area (Å²) in [6, 6.07) is 23.8. The van der Waals surface area contributed by atoms with E-state index in [-0.39, 0.29) is 3.67 Å². The minimum atomic E-state index is -4.74. The van der Waals surface area contributed by atoms with Crippen molar-refractivity contribution in [1.29, 1.82) is 0 Å². The first-order chi connectivity index (χ1) is 13.4. The van der Waals surface area contributed by atoms with E-state index in [9.17, 15) is 0 Å². The van der Waals surface area contributed by atoms with Crippen LogP contribution in [0.25, 0.3) is 17.2 Å². The molecule has 1 atom stereocenters. The predicted molar refractivity (Wildman–Crippen MR) is 121 cm³/mol. The van der Waals surface area contributed by atoms with Crippen LogP contribution < -0.4 is 3.32 Å². The summed E-state index contributed by atoms with van der Waals surface area (Å²) < 4.78 is 2.51. The maximum absolute atomic E-state index is 7.81. The molecule has 0 fully saturated rings. The number of halogens is 2. The summed E-state index contributed by atoms with van der Waals surface area (Å²) in [6.07, 6.45) is 5.37. The summed E-state index contributed by atoms with van der Waals surface area (Å²) in [5, 5.41) is 0. The third kappa shape index (κ3) is 2.43. The third-order valence-electron chi connectivity index (χ3n) is 6.61. The molecule has 0 heterocycles. The molecular formula is C25H22Cl2Hf. The fourth-order valence-corrected chi connectivity index (χ4v) is 25.1. The summed E-state index contributed by atoms with van der Waals surface area (Å²) in [7, 11) is 15.6. The molecule has 0 saturated heterocycles. The van der Waals surface area contributed by atoms with Gasteiger partial charge in [0.1, 0.15) is 0 Å². The Labute approximate surface area is 174 Å². The van der Waals surface area contributed by atoms with E-state index in [4.69, 9.17) is 17.2 Å². The number of fused-ring (bicyclic) bond motifs is 4. The van der Waals surface area contributed by atoms with Gasteiger partial charge in [-0.3, -0.25) is 0 Å². The number of allylic oxidation sites excluding steroid dienone is 1. The van der Waals surface area contributed by atoms with Crippen molar-refractivity contribution >= 4 is 29.8 Å². The van der Waals surface area contributed by atoms with Gasteiger partial charge in [0.2, 0.25) is 0 Å². The van der Waals surface area contributed by atoms with Crippen molar-refractivity contribution in [3.8, 4) is 11.1 Å². The number of hydrogen-bond donors (Lipinski definition) is 0. The second-order valence-electron chi connectivity index (χ2n) is 8.21. The Hall–Kier alpha value is -1.28. The molecule has 2 aliphatic rings. The molecule has 140 valence electrons. The van der Waals surface area contributed by atoms with Gasteiger partial charge in [-0.25, -0.2) is 0 Å². The van der Waals surface area contributed by atoms with Crippen molar-refractivity contribution in [2.24, 2.45) is 0 Å². The molecule has 3 heteroatoms. The SMILES string of the molecule is C[C](C)=[Hf]([Cl])([Cl])([c]1cccc2c1Cc1ccccc1-2)[CH]1C=Cc2ccccc21. The Morgan fingerprint density at radius 3 is 2.39 bits per heavy atom. The first kappa shape index (κ1) is 18.7. The fraction of sp³-hybridized carbons (Fsp3) is 0.160. The Morgan fingerprint density at radius 1 is 0.857 bits per heavy atom. The van der Waals surface area contributed by atoms with Gasteiger partial charge in [-0.05, 0) is 0 Å². The Morgan fingerprint density at radius 2 is 1.57 bits per heavy atom. The van der Waals surface area contributed by atoms with Crippen LogP contribution in [0.5, 0.6) is 0 Å². The van der Waals surface area contributed by atoms with Crippen LogP contribution in [-0.4, -0.2) is 3.26 Å². The number of rotatable bonds is 2. The van der Waals surface area contributed by atoms with E-state index in [1.807, 2.05) is 0 Å². The molecule has 3 aromatic rings. The van der Waals surface area contributed by atoms with Gasteiger partial charge in [0, 0.05) is 0 Å². The molecule has 0 bridgehead atoms. The standard InChI is InChI=1S/C13H9.C9H7.C3H6.2ClH.Hf/c1-3-7-12-10(5-1)9-11-6-2-4-8-13(11)12;1-2-5-9-7-3-6-8(9)4-1;1-3-2;;;/h1-5,7-8H,9H2;1-7H;1-2H3;2*1H;/q;;;;;+2/p-2. The average molecular weight is 572 g/mol. The monoisotopic (exact) mass is 572 g/mol. The van der Waals surface area contributed by atoms with Crippen molar-refractivity contribution in [2.45, 2.75) is 23.9 Å². The topological polar surface area (TPSA) is 0 Å². The normalized spacial score (nSPS) is 17.2. The molecular weight excluding hydrogens is 550 g/mol. The van der Waals surface area contributed by atoms with Crippen LogP contribution in [0, 0.1) is 0 Å². The van der Waals surface area contributed by atoms with Crippen LogP contribution in [0.4, 0.5) is 0 Å². The zero-order valence-electron chi connectivity index (χ0n) is 16.0. The van der Waals surface area contributed by atoms with E-state index in [1.54, 1.807) is 0 Å². The third-order valence-corrected chi connectivity index (χ3v) is 37.5. The second-order valence-corrected chi connectivity index (χ2v) is 38.2. The first-order valence-corrected chi connectivity index (χ1v) is 24.3. The molecule has 28 heavy (non-hydrogen) atoms. The van der Waals surface area contributed by atoms with E-state index < -0.39 is 15.7 Å². The van der Waals surface area contributed by atoms with Gasteiger partial charge in [-0.2, -0.15) is 0 Å². The first-order valence-electron chi connectivity index (χ1n) is 9.77. The predicted octanol–water partition coefficient (Wildman–Crippen LogP) is 6.86. The van der Waals surface area contributed by atoms with Crippen molar-refractivity contribution in [2.75, 3.05) is 0 Å². The maximum atomic E-state index is 7.81. The minimum absolute atomic E-state index is 0.0803. The molecule has 2 aliphatic carbocycles. The van der Waals surface area contributed by atoms with E-state index in [1.165, 1.54) is 40.0 Å².